The maximum Gasteiger partial charge on any atom is 0.338 e. The molecule has 0 fully saturated rings. The second kappa shape index (κ2) is 7.23. The summed E-state index contributed by atoms with van der Waals surface area (Å²) in [4.78, 5) is 27.1. The van der Waals surface area contributed by atoms with Gasteiger partial charge in [-0.15, -0.1) is 0 Å². The molecule has 0 aliphatic carbocycles. The van der Waals surface area contributed by atoms with Crippen molar-refractivity contribution < 1.29 is 14.6 Å². The number of halogens is 1. The SMILES string of the molecule is CCOC(=O)C1=C(C)NC(N[N+](=O)[O-])=N[C@@H]1c1ccc(Br)cc1. The summed E-state index contributed by atoms with van der Waals surface area (Å²) in [5.41, 5.74) is 3.48. The standard InChI is InChI=1S/C14H15BrN4O4/c1-3-23-13(20)11-8(2)16-14(18-19(21)22)17-12(11)9-4-6-10(15)7-5-9/h4-7,12H,3H2,1-2H3,(H2,16,17,18)/t12-/m1/s1. The summed E-state index contributed by atoms with van der Waals surface area (Å²) in [6.45, 7) is 3.59. The van der Waals surface area contributed by atoms with Crippen molar-refractivity contribution in [1.29, 1.82) is 0 Å². The third kappa shape index (κ3) is 4.07. The fourth-order valence-corrected chi connectivity index (χ4v) is 2.44. The molecule has 1 heterocycles. The number of guanidine groups is 1. The molecule has 23 heavy (non-hydrogen) atoms. The number of hydrazine groups is 1. The van der Waals surface area contributed by atoms with E-state index in [0.717, 1.165) is 10.0 Å². The Labute approximate surface area is 140 Å². The van der Waals surface area contributed by atoms with Crippen LogP contribution in [0.4, 0.5) is 0 Å². The van der Waals surface area contributed by atoms with E-state index >= 15 is 0 Å². The number of esters is 1. The van der Waals surface area contributed by atoms with Crippen molar-refractivity contribution >= 4 is 27.9 Å². The summed E-state index contributed by atoms with van der Waals surface area (Å²) in [6, 6.07) is 6.52. The minimum absolute atomic E-state index is 0.0338. The second-order valence-corrected chi connectivity index (χ2v) is 5.60. The van der Waals surface area contributed by atoms with Crippen LogP contribution in [0.2, 0.25) is 0 Å². The first-order valence-electron chi connectivity index (χ1n) is 6.81. The van der Waals surface area contributed by atoms with Crippen molar-refractivity contribution in [2.45, 2.75) is 19.9 Å². The number of carbonyl (C=O) groups excluding carboxylic acids is 1. The van der Waals surface area contributed by atoms with E-state index in [9.17, 15) is 14.9 Å². The van der Waals surface area contributed by atoms with Gasteiger partial charge < -0.3 is 10.1 Å². The molecule has 1 aliphatic rings. The molecule has 9 heteroatoms. The van der Waals surface area contributed by atoms with Gasteiger partial charge in [-0.1, -0.05) is 33.5 Å². The van der Waals surface area contributed by atoms with Gasteiger partial charge in [-0.05, 0) is 31.5 Å². The monoisotopic (exact) mass is 382 g/mol. The predicted octanol–water partition coefficient (Wildman–Crippen LogP) is 2.07. The molecule has 0 unspecified atom stereocenters. The Morgan fingerprint density at radius 3 is 2.70 bits per heavy atom. The van der Waals surface area contributed by atoms with Crippen LogP contribution in [-0.2, 0) is 9.53 Å². The van der Waals surface area contributed by atoms with E-state index in [-0.39, 0.29) is 12.6 Å². The molecule has 0 bridgehead atoms. The normalized spacial score (nSPS) is 17.2. The zero-order valence-corrected chi connectivity index (χ0v) is 14.1. The number of ether oxygens (including phenoxy) is 1. The van der Waals surface area contributed by atoms with Gasteiger partial charge in [-0.25, -0.2) is 19.9 Å². The quantitative estimate of drug-likeness (QED) is 0.469. The third-order valence-electron chi connectivity index (χ3n) is 3.12. The van der Waals surface area contributed by atoms with Gasteiger partial charge >= 0.3 is 5.97 Å². The fraction of sp³-hybridized carbons (Fsp3) is 0.286. The summed E-state index contributed by atoms with van der Waals surface area (Å²) in [6.07, 6.45) is 0. The lowest BCUT2D eigenvalue weighted by atomic mass is 9.96. The van der Waals surface area contributed by atoms with Gasteiger partial charge in [0.05, 0.1) is 12.2 Å². The molecule has 1 aliphatic heterocycles. The molecule has 1 atom stereocenters. The minimum atomic E-state index is -0.715. The number of aliphatic imine (C=N–C) groups is 1. The van der Waals surface area contributed by atoms with Crippen molar-refractivity contribution in [3.63, 3.8) is 0 Å². The molecule has 0 spiro atoms. The van der Waals surface area contributed by atoms with Crippen LogP contribution in [0.1, 0.15) is 25.5 Å². The number of benzene rings is 1. The average molecular weight is 383 g/mol. The molecule has 2 rings (SSSR count). The Bertz CT molecular complexity index is 685. The third-order valence-corrected chi connectivity index (χ3v) is 3.65. The van der Waals surface area contributed by atoms with Crippen LogP contribution < -0.4 is 10.7 Å². The molecule has 0 radical (unpaired) electrons. The van der Waals surface area contributed by atoms with Crippen molar-refractivity contribution in [3.05, 3.63) is 55.7 Å². The summed E-state index contributed by atoms with van der Waals surface area (Å²) in [5, 5.41) is 12.6. The van der Waals surface area contributed by atoms with Crippen LogP contribution in [0.3, 0.4) is 0 Å². The Kier molecular flexibility index (Phi) is 5.32. The number of nitrogens with zero attached hydrogens (tertiary/aromatic N) is 2. The molecular weight excluding hydrogens is 368 g/mol. The number of hydrogen-bond acceptors (Lipinski definition) is 6. The zero-order chi connectivity index (χ0) is 17.0. The van der Waals surface area contributed by atoms with Crippen LogP contribution in [0.15, 0.2) is 45.0 Å². The number of hydrogen-bond donors (Lipinski definition) is 2. The van der Waals surface area contributed by atoms with E-state index in [0.29, 0.717) is 11.3 Å². The highest BCUT2D eigenvalue weighted by Gasteiger charge is 2.31. The lowest BCUT2D eigenvalue weighted by Crippen LogP contribution is -2.43. The number of rotatable bonds is 4. The molecule has 0 saturated carbocycles. The van der Waals surface area contributed by atoms with Crippen molar-refractivity contribution in [1.82, 2.24) is 10.7 Å². The van der Waals surface area contributed by atoms with E-state index in [1.807, 2.05) is 17.6 Å². The van der Waals surface area contributed by atoms with E-state index in [2.05, 4.69) is 26.2 Å². The van der Waals surface area contributed by atoms with Gasteiger partial charge in [0.15, 0.2) is 5.03 Å². The maximum absolute atomic E-state index is 12.2. The Balaban J connectivity index is 2.44. The summed E-state index contributed by atoms with van der Waals surface area (Å²) >= 11 is 3.34. The zero-order valence-electron chi connectivity index (χ0n) is 12.5. The Morgan fingerprint density at radius 2 is 2.13 bits per heavy atom. The van der Waals surface area contributed by atoms with Gasteiger partial charge in [0.2, 0.25) is 0 Å². The summed E-state index contributed by atoms with van der Waals surface area (Å²) in [7, 11) is 0. The number of carbonyl (C=O) groups is 1. The largest absolute Gasteiger partial charge is 0.463 e. The van der Waals surface area contributed by atoms with Gasteiger partial charge in [0.1, 0.15) is 6.04 Å². The van der Waals surface area contributed by atoms with Crippen molar-refractivity contribution in [3.8, 4) is 0 Å². The summed E-state index contributed by atoms with van der Waals surface area (Å²) < 4.78 is 5.95. The van der Waals surface area contributed by atoms with Crippen LogP contribution in [-0.4, -0.2) is 23.6 Å². The van der Waals surface area contributed by atoms with Gasteiger partial charge in [0.25, 0.3) is 5.96 Å². The molecule has 0 aromatic heterocycles. The fourth-order valence-electron chi connectivity index (χ4n) is 2.18. The lowest BCUT2D eigenvalue weighted by Gasteiger charge is -2.24. The molecule has 122 valence electrons. The Hall–Kier alpha value is -2.42. The number of allylic oxidation sites excluding steroid dienone is 1. The molecule has 2 N–H and O–H groups in total. The highest BCUT2D eigenvalue weighted by atomic mass is 79.9. The first kappa shape index (κ1) is 16.9. The molecule has 0 saturated heterocycles. The van der Waals surface area contributed by atoms with Gasteiger partial charge in [0, 0.05) is 10.2 Å². The topological polar surface area (TPSA) is 106 Å². The molecule has 1 aromatic carbocycles. The highest BCUT2D eigenvalue weighted by Crippen LogP contribution is 2.31. The van der Waals surface area contributed by atoms with Crippen LogP contribution in [0.25, 0.3) is 0 Å². The smallest absolute Gasteiger partial charge is 0.338 e. The average Bonchev–Trinajstić information content (AvgIpc) is 2.46. The lowest BCUT2D eigenvalue weighted by molar-refractivity contribution is -0.525. The van der Waals surface area contributed by atoms with Crippen molar-refractivity contribution in [2.75, 3.05) is 6.61 Å². The maximum atomic E-state index is 12.2. The minimum Gasteiger partial charge on any atom is -0.463 e. The van der Waals surface area contributed by atoms with Crippen LogP contribution in [0, 0.1) is 10.1 Å². The number of nitrogens with one attached hydrogen (secondary N) is 2. The molecular formula is C14H15BrN4O4. The first-order valence-corrected chi connectivity index (χ1v) is 7.61. The van der Waals surface area contributed by atoms with E-state index in [4.69, 9.17) is 4.74 Å². The van der Waals surface area contributed by atoms with E-state index in [1.165, 1.54) is 0 Å². The van der Waals surface area contributed by atoms with E-state index in [1.54, 1.807) is 26.0 Å². The summed E-state index contributed by atoms with van der Waals surface area (Å²) in [5.74, 6) is -0.539. The van der Waals surface area contributed by atoms with Crippen LogP contribution >= 0.6 is 15.9 Å². The molecule has 8 nitrogen and oxygen atoms in total. The molecule has 0 amide bonds. The predicted molar refractivity (Wildman–Crippen MR) is 86.9 cm³/mol. The van der Waals surface area contributed by atoms with Gasteiger partial charge in [-0.3, -0.25) is 0 Å². The van der Waals surface area contributed by atoms with Gasteiger partial charge in [-0.2, -0.15) is 0 Å². The highest BCUT2D eigenvalue weighted by molar-refractivity contribution is 9.10. The van der Waals surface area contributed by atoms with Crippen molar-refractivity contribution in [2.24, 2.45) is 4.99 Å². The van der Waals surface area contributed by atoms with E-state index < -0.39 is 17.0 Å². The number of nitro groups is 1. The van der Waals surface area contributed by atoms with Crippen LogP contribution in [0.5, 0.6) is 0 Å². The Morgan fingerprint density at radius 1 is 1.48 bits per heavy atom. The second-order valence-electron chi connectivity index (χ2n) is 4.68. The first-order chi connectivity index (χ1) is 10.9. The molecule has 1 aromatic rings.